The van der Waals surface area contributed by atoms with Gasteiger partial charge in [-0.25, -0.2) is 0 Å². The van der Waals surface area contributed by atoms with Crippen LogP contribution in [0.4, 0.5) is 0 Å². The van der Waals surface area contributed by atoms with Gasteiger partial charge in [0.1, 0.15) is 0 Å². The molecule has 1 heterocycles. The first-order valence-corrected chi connectivity index (χ1v) is 6.17. The van der Waals surface area contributed by atoms with Crippen LogP contribution < -0.4 is 0 Å². The Labute approximate surface area is 99.9 Å². The van der Waals surface area contributed by atoms with Gasteiger partial charge in [-0.1, -0.05) is 59.3 Å². The lowest BCUT2D eigenvalue weighted by Crippen LogP contribution is -2.32. The van der Waals surface area contributed by atoms with Gasteiger partial charge in [0.15, 0.2) is 0 Å². The number of nitrogens with zero attached hydrogens (tertiary/aromatic N) is 1. The van der Waals surface area contributed by atoms with E-state index in [2.05, 4.69) is 64.2 Å². The molecule has 1 atom stereocenters. The van der Waals surface area contributed by atoms with Crippen molar-refractivity contribution < 1.29 is 0 Å². The van der Waals surface area contributed by atoms with E-state index in [1.165, 1.54) is 10.0 Å². The minimum atomic E-state index is 0.627. The predicted molar refractivity (Wildman–Crippen MR) is 67.9 cm³/mol. The fourth-order valence-corrected chi connectivity index (χ4v) is 2.23. The van der Waals surface area contributed by atoms with E-state index in [4.69, 9.17) is 0 Å². The molecule has 0 aromatic heterocycles. The molecule has 0 aliphatic carbocycles. The fraction of sp³-hybridized carbons (Fsp3) is 0.385. The van der Waals surface area contributed by atoms with Gasteiger partial charge in [0.05, 0.1) is 0 Å². The van der Waals surface area contributed by atoms with Gasteiger partial charge in [-0.15, -0.1) is 0 Å². The van der Waals surface area contributed by atoms with Crippen molar-refractivity contribution in [2.45, 2.75) is 13.5 Å². The fourth-order valence-electron chi connectivity index (χ4n) is 1.94. The van der Waals surface area contributed by atoms with E-state index < -0.39 is 0 Å². The Hall–Kier alpha value is -0.600. The van der Waals surface area contributed by atoms with Crippen molar-refractivity contribution in [3.8, 4) is 0 Å². The van der Waals surface area contributed by atoms with Gasteiger partial charge in [-0.05, 0) is 10.0 Å². The topological polar surface area (TPSA) is 3.24 Å². The molecule has 2 heteroatoms. The molecule has 1 aromatic carbocycles. The quantitative estimate of drug-likeness (QED) is 0.792. The molecule has 0 radical (unpaired) electrons. The van der Waals surface area contributed by atoms with Crippen molar-refractivity contribution in [1.29, 1.82) is 0 Å². The van der Waals surface area contributed by atoms with Crippen LogP contribution in [-0.4, -0.2) is 18.0 Å². The lowest BCUT2D eigenvalue weighted by molar-refractivity contribution is 0.257. The van der Waals surface area contributed by atoms with Crippen LogP contribution in [0.1, 0.15) is 12.5 Å². The number of benzene rings is 1. The molecule has 1 aliphatic heterocycles. The summed E-state index contributed by atoms with van der Waals surface area (Å²) in [4.78, 5) is 2.48. The molecule has 80 valence electrons. The molecular formula is C13H16BrN. The summed E-state index contributed by atoms with van der Waals surface area (Å²) in [5.41, 5.74) is 1.40. The monoisotopic (exact) mass is 265 g/mol. The van der Waals surface area contributed by atoms with Crippen LogP contribution in [-0.2, 0) is 6.54 Å². The summed E-state index contributed by atoms with van der Waals surface area (Å²) in [6.45, 7) is 5.52. The third-order valence-corrected chi connectivity index (χ3v) is 3.90. The lowest BCUT2D eigenvalue weighted by Gasteiger charge is -2.29. The van der Waals surface area contributed by atoms with Gasteiger partial charge in [0, 0.05) is 25.6 Å². The van der Waals surface area contributed by atoms with Crippen LogP contribution in [0.5, 0.6) is 0 Å². The first-order valence-electron chi connectivity index (χ1n) is 5.37. The Balaban J connectivity index is 1.98. The van der Waals surface area contributed by atoms with Gasteiger partial charge in [-0.2, -0.15) is 0 Å². The summed E-state index contributed by atoms with van der Waals surface area (Å²) in [6.07, 6.45) is 2.27. The van der Waals surface area contributed by atoms with Crippen LogP contribution in [0.25, 0.3) is 0 Å². The highest BCUT2D eigenvalue weighted by Gasteiger charge is 2.16. The molecule has 1 aliphatic rings. The second-order valence-corrected chi connectivity index (χ2v) is 5.09. The molecule has 1 nitrogen and oxygen atoms in total. The molecule has 0 bridgehead atoms. The third kappa shape index (κ3) is 2.93. The van der Waals surface area contributed by atoms with Crippen molar-refractivity contribution in [3.63, 3.8) is 0 Å². The van der Waals surface area contributed by atoms with Crippen LogP contribution in [0.3, 0.4) is 0 Å². The van der Waals surface area contributed by atoms with Crippen molar-refractivity contribution in [2.75, 3.05) is 13.1 Å². The van der Waals surface area contributed by atoms with Gasteiger partial charge in [0.2, 0.25) is 0 Å². The van der Waals surface area contributed by atoms with Gasteiger partial charge < -0.3 is 0 Å². The highest BCUT2D eigenvalue weighted by molar-refractivity contribution is 9.11. The van der Waals surface area contributed by atoms with E-state index in [1.54, 1.807) is 0 Å². The maximum Gasteiger partial charge on any atom is 0.0237 e. The Morgan fingerprint density at radius 1 is 1.33 bits per heavy atom. The predicted octanol–water partition coefficient (Wildman–Crippen LogP) is 3.42. The van der Waals surface area contributed by atoms with E-state index in [1.807, 2.05) is 0 Å². The molecule has 0 N–H and O–H groups in total. The summed E-state index contributed by atoms with van der Waals surface area (Å²) in [5.74, 6) is 0.627. The Morgan fingerprint density at radius 3 is 2.73 bits per heavy atom. The standard InChI is InChI=1S/C13H16BrN/c1-11-9-15(8-7-13(11)14)10-12-5-3-2-4-6-12/h2-7,11H,8-10H2,1H3. The minimum absolute atomic E-state index is 0.627. The molecule has 0 saturated heterocycles. The van der Waals surface area contributed by atoms with E-state index in [9.17, 15) is 0 Å². The van der Waals surface area contributed by atoms with Crippen molar-refractivity contribution in [3.05, 3.63) is 46.5 Å². The summed E-state index contributed by atoms with van der Waals surface area (Å²) in [7, 11) is 0. The second kappa shape index (κ2) is 4.95. The Morgan fingerprint density at radius 2 is 2.07 bits per heavy atom. The van der Waals surface area contributed by atoms with Gasteiger partial charge in [-0.3, -0.25) is 4.90 Å². The highest BCUT2D eigenvalue weighted by atomic mass is 79.9. The number of hydrogen-bond donors (Lipinski definition) is 0. The molecule has 0 spiro atoms. The van der Waals surface area contributed by atoms with Crippen molar-refractivity contribution in [1.82, 2.24) is 4.90 Å². The summed E-state index contributed by atoms with van der Waals surface area (Å²) in [6, 6.07) is 10.7. The molecule has 1 unspecified atom stereocenters. The SMILES string of the molecule is CC1CN(Cc2ccccc2)CC=C1Br. The first kappa shape index (κ1) is 10.9. The normalized spacial score (nSPS) is 22.5. The highest BCUT2D eigenvalue weighted by Crippen LogP contribution is 2.23. The van der Waals surface area contributed by atoms with Crippen LogP contribution >= 0.6 is 15.9 Å². The molecule has 0 saturated carbocycles. The van der Waals surface area contributed by atoms with E-state index in [0.29, 0.717) is 5.92 Å². The zero-order chi connectivity index (χ0) is 10.7. The second-order valence-electron chi connectivity index (χ2n) is 4.17. The maximum absolute atomic E-state index is 3.60. The third-order valence-electron chi connectivity index (χ3n) is 2.80. The summed E-state index contributed by atoms with van der Waals surface area (Å²) < 4.78 is 1.35. The number of hydrogen-bond acceptors (Lipinski definition) is 1. The largest absolute Gasteiger partial charge is 0.295 e. The molecule has 0 fully saturated rings. The van der Waals surface area contributed by atoms with Crippen LogP contribution in [0.2, 0.25) is 0 Å². The van der Waals surface area contributed by atoms with Crippen LogP contribution in [0.15, 0.2) is 40.9 Å². The lowest BCUT2D eigenvalue weighted by atomic mass is 10.1. The molecule has 15 heavy (non-hydrogen) atoms. The van der Waals surface area contributed by atoms with Crippen LogP contribution in [0, 0.1) is 5.92 Å². The van der Waals surface area contributed by atoms with Crippen molar-refractivity contribution >= 4 is 15.9 Å². The van der Waals surface area contributed by atoms with E-state index in [-0.39, 0.29) is 0 Å². The van der Waals surface area contributed by atoms with Crippen molar-refractivity contribution in [2.24, 2.45) is 5.92 Å². The zero-order valence-electron chi connectivity index (χ0n) is 8.99. The minimum Gasteiger partial charge on any atom is -0.295 e. The number of rotatable bonds is 2. The molecule has 0 amide bonds. The Bertz CT molecular complexity index is 345. The Kier molecular flexibility index (Phi) is 3.60. The first-order chi connectivity index (χ1) is 7.25. The van der Waals surface area contributed by atoms with Gasteiger partial charge >= 0.3 is 0 Å². The summed E-state index contributed by atoms with van der Waals surface area (Å²) in [5, 5.41) is 0. The number of halogens is 1. The van der Waals surface area contributed by atoms with E-state index >= 15 is 0 Å². The maximum atomic E-state index is 3.60. The summed E-state index contributed by atoms with van der Waals surface area (Å²) >= 11 is 3.60. The van der Waals surface area contributed by atoms with Gasteiger partial charge in [0.25, 0.3) is 0 Å². The van der Waals surface area contributed by atoms with E-state index in [0.717, 1.165) is 19.6 Å². The average Bonchev–Trinajstić information content (AvgIpc) is 2.25. The molecular weight excluding hydrogens is 250 g/mol. The average molecular weight is 266 g/mol. The zero-order valence-corrected chi connectivity index (χ0v) is 10.6. The molecule has 1 aromatic rings. The smallest absolute Gasteiger partial charge is 0.0237 e. The molecule has 2 rings (SSSR count).